The van der Waals surface area contributed by atoms with Crippen molar-refractivity contribution in [1.29, 1.82) is 0 Å². The van der Waals surface area contributed by atoms with E-state index >= 15 is 0 Å². The molecule has 0 N–H and O–H groups in total. The zero-order valence-corrected chi connectivity index (χ0v) is 6.88. The smallest absolute Gasteiger partial charge is 0.387 e. The van der Waals surface area contributed by atoms with Crippen LogP contribution < -0.4 is 4.74 Å². The minimum absolute atomic E-state index is 0.0503. The number of alkyl halides is 2. The fourth-order valence-electron chi connectivity index (χ4n) is 0.560. The second-order valence-corrected chi connectivity index (χ2v) is 2.63. The highest BCUT2D eigenvalue weighted by molar-refractivity contribution is 9.10. The van der Waals surface area contributed by atoms with Crippen molar-refractivity contribution in [2.24, 2.45) is 0 Å². The molecule has 0 radical (unpaired) electrons. The zero-order chi connectivity index (χ0) is 8.27. The molecular formula is C6H4BrF2NO. The maximum Gasteiger partial charge on any atom is 0.387 e. The summed E-state index contributed by atoms with van der Waals surface area (Å²) in [4.78, 5) is 3.63. The highest BCUT2D eigenvalue weighted by atomic mass is 79.9. The van der Waals surface area contributed by atoms with Gasteiger partial charge in [-0.25, -0.2) is 0 Å². The summed E-state index contributed by atoms with van der Waals surface area (Å²) in [5.74, 6) is 0.0503. The summed E-state index contributed by atoms with van der Waals surface area (Å²) in [5, 5.41) is 0. The first-order valence-corrected chi connectivity index (χ1v) is 3.53. The lowest BCUT2D eigenvalue weighted by atomic mass is 10.5. The molecule has 60 valence electrons. The van der Waals surface area contributed by atoms with Crippen LogP contribution in [0.15, 0.2) is 22.9 Å². The molecule has 0 aliphatic carbocycles. The van der Waals surface area contributed by atoms with Crippen LogP contribution in [0.3, 0.4) is 0 Å². The normalized spacial score (nSPS) is 10.2. The molecule has 0 spiro atoms. The van der Waals surface area contributed by atoms with Crippen molar-refractivity contribution in [3.05, 3.63) is 22.9 Å². The number of rotatable bonds is 2. The number of pyridine rings is 1. The minimum atomic E-state index is -2.80. The van der Waals surface area contributed by atoms with Crippen molar-refractivity contribution in [2.75, 3.05) is 0 Å². The van der Waals surface area contributed by atoms with Crippen LogP contribution in [0, 0.1) is 0 Å². The second kappa shape index (κ2) is 3.61. The van der Waals surface area contributed by atoms with Crippen LogP contribution >= 0.6 is 15.9 Å². The summed E-state index contributed by atoms with van der Waals surface area (Å²) in [6.07, 6.45) is 2.70. The third-order valence-corrected chi connectivity index (χ3v) is 1.34. The summed E-state index contributed by atoms with van der Waals surface area (Å²) in [5.41, 5.74) is 0. The van der Waals surface area contributed by atoms with Crippen molar-refractivity contribution in [3.8, 4) is 5.75 Å². The maximum absolute atomic E-state index is 11.6. The second-order valence-electron chi connectivity index (χ2n) is 1.72. The van der Waals surface area contributed by atoms with Gasteiger partial charge in [-0.15, -0.1) is 0 Å². The number of hydrogen-bond donors (Lipinski definition) is 0. The lowest BCUT2D eigenvalue weighted by Gasteiger charge is -2.02. The Bertz CT molecular complexity index is 244. The molecule has 0 saturated heterocycles. The summed E-state index contributed by atoms with van der Waals surface area (Å²) in [7, 11) is 0. The fraction of sp³-hybridized carbons (Fsp3) is 0.167. The highest BCUT2D eigenvalue weighted by Gasteiger charge is 2.03. The molecule has 5 heteroatoms. The molecule has 0 atom stereocenters. The first-order chi connectivity index (χ1) is 5.18. The van der Waals surface area contributed by atoms with E-state index in [1.165, 1.54) is 18.5 Å². The van der Waals surface area contributed by atoms with Crippen molar-refractivity contribution >= 4 is 15.9 Å². The Hall–Kier alpha value is -0.710. The van der Waals surface area contributed by atoms with Gasteiger partial charge in [-0.1, -0.05) is 0 Å². The van der Waals surface area contributed by atoms with E-state index < -0.39 is 6.61 Å². The van der Waals surface area contributed by atoms with Gasteiger partial charge in [-0.3, -0.25) is 4.98 Å². The van der Waals surface area contributed by atoms with Crippen LogP contribution in [-0.4, -0.2) is 11.6 Å². The Kier molecular flexibility index (Phi) is 2.76. The van der Waals surface area contributed by atoms with E-state index in [1.807, 2.05) is 0 Å². The van der Waals surface area contributed by atoms with Gasteiger partial charge in [0.2, 0.25) is 0 Å². The minimum Gasteiger partial charge on any atom is -0.433 e. The molecule has 1 aromatic rings. The average molecular weight is 224 g/mol. The molecule has 0 aliphatic heterocycles. The third-order valence-electron chi connectivity index (χ3n) is 0.905. The van der Waals surface area contributed by atoms with Crippen molar-refractivity contribution in [3.63, 3.8) is 0 Å². The molecule has 11 heavy (non-hydrogen) atoms. The third kappa shape index (κ3) is 2.80. The Morgan fingerprint density at radius 1 is 1.45 bits per heavy atom. The molecule has 0 aliphatic rings. The van der Waals surface area contributed by atoms with Crippen molar-refractivity contribution < 1.29 is 13.5 Å². The average Bonchev–Trinajstić information content (AvgIpc) is 1.85. The van der Waals surface area contributed by atoms with E-state index in [0.717, 1.165) is 0 Å². The molecule has 0 fully saturated rings. The Morgan fingerprint density at radius 2 is 2.18 bits per heavy atom. The Morgan fingerprint density at radius 3 is 2.73 bits per heavy atom. The lowest BCUT2D eigenvalue weighted by molar-refractivity contribution is -0.0501. The first-order valence-electron chi connectivity index (χ1n) is 2.74. The largest absolute Gasteiger partial charge is 0.433 e. The highest BCUT2D eigenvalue weighted by Crippen LogP contribution is 2.17. The Labute approximate surface area is 70.3 Å². The summed E-state index contributed by atoms with van der Waals surface area (Å²) < 4.78 is 27.9. The summed E-state index contributed by atoms with van der Waals surface area (Å²) >= 11 is 3.06. The maximum atomic E-state index is 11.6. The molecule has 1 aromatic heterocycles. The fourth-order valence-corrected chi connectivity index (χ4v) is 0.904. The van der Waals surface area contributed by atoms with Crippen LogP contribution in [0.2, 0.25) is 0 Å². The van der Waals surface area contributed by atoms with Gasteiger partial charge >= 0.3 is 6.61 Å². The molecule has 1 rings (SSSR count). The van der Waals surface area contributed by atoms with Crippen molar-refractivity contribution in [1.82, 2.24) is 4.98 Å². The number of nitrogens with zero attached hydrogens (tertiary/aromatic N) is 1. The van der Waals surface area contributed by atoms with E-state index in [2.05, 4.69) is 25.7 Å². The zero-order valence-electron chi connectivity index (χ0n) is 5.30. The number of aromatic nitrogens is 1. The van der Waals surface area contributed by atoms with Crippen LogP contribution in [0.4, 0.5) is 8.78 Å². The van der Waals surface area contributed by atoms with Gasteiger partial charge in [-0.05, 0) is 22.0 Å². The predicted octanol–water partition coefficient (Wildman–Crippen LogP) is 2.45. The molecule has 0 amide bonds. The van der Waals surface area contributed by atoms with Crippen molar-refractivity contribution in [2.45, 2.75) is 6.61 Å². The van der Waals surface area contributed by atoms with Gasteiger partial charge in [0.15, 0.2) is 0 Å². The predicted molar refractivity (Wildman–Crippen MR) is 38.6 cm³/mol. The molecule has 0 bridgehead atoms. The molecule has 0 unspecified atom stereocenters. The number of ether oxygens (including phenoxy) is 1. The summed E-state index contributed by atoms with van der Waals surface area (Å²) in [6, 6.07) is 1.42. The van der Waals surface area contributed by atoms with Gasteiger partial charge in [0.1, 0.15) is 5.75 Å². The Balaban J connectivity index is 2.71. The van der Waals surface area contributed by atoms with Gasteiger partial charge in [0, 0.05) is 10.7 Å². The van der Waals surface area contributed by atoms with Gasteiger partial charge < -0.3 is 4.74 Å². The number of halogens is 3. The lowest BCUT2D eigenvalue weighted by Crippen LogP contribution is -2.01. The number of hydrogen-bond acceptors (Lipinski definition) is 2. The molecule has 2 nitrogen and oxygen atoms in total. The summed E-state index contributed by atoms with van der Waals surface area (Å²) in [6.45, 7) is -2.80. The van der Waals surface area contributed by atoms with Crippen LogP contribution in [-0.2, 0) is 0 Å². The first kappa shape index (κ1) is 8.39. The van der Waals surface area contributed by atoms with E-state index in [9.17, 15) is 8.78 Å². The van der Waals surface area contributed by atoms with Gasteiger partial charge in [0.25, 0.3) is 0 Å². The molecular weight excluding hydrogens is 220 g/mol. The topological polar surface area (TPSA) is 22.1 Å². The molecule has 0 aromatic carbocycles. The van der Waals surface area contributed by atoms with E-state index in [-0.39, 0.29) is 5.75 Å². The standard InChI is InChI=1S/C6H4BrF2NO/c7-4-1-5(3-10-2-4)11-6(8)9/h1-3,6H. The quantitative estimate of drug-likeness (QED) is 0.769. The monoisotopic (exact) mass is 223 g/mol. The van der Waals surface area contributed by atoms with E-state index in [0.29, 0.717) is 4.47 Å². The molecule has 1 heterocycles. The van der Waals surface area contributed by atoms with E-state index in [4.69, 9.17) is 0 Å². The van der Waals surface area contributed by atoms with Gasteiger partial charge in [0.05, 0.1) is 6.20 Å². The van der Waals surface area contributed by atoms with Crippen LogP contribution in [0.25, 0.3) is 0 Å². The molecule has 0 saturated carbocycles. The SMILES string of the molecule is FC(F)Oc1cncc(Br)c1. The van der Waals surface area contributed by atoms with E-state index in [1.54, 1.807) is 0 Å². The van der Waals surface area contributed by atoms with Crippen LogP contribution in [0.1, 0.15) is 0 Å². The van der Waals surface area contributed by atoms with Gasteiger partial charge in [-0.2, -0.15) is 8.78 Å². The van der Waals surface area contributed by atoms with Crippen LogP contribution in [0.5, 0.6) is 5.75 Å².